The molecule has 1 amide bonds. The van der Waals surface area contributed by atoms with Crippen LogP contribution >= 0.6 is 11.6 Å². The summed E-state index contributed by atoms with van der Waals surface area (Å²) in [4.78, 5) is 16.8. The van der Waals surface area contributed by atoms with E-state index in [0.29, 0.717) is 23.8 Å². The molecule has 0 saturated heterocycles. The Morgan fingerprint density at radius 1 is 0.966 bits per heavy atom. The predicted octanol–water partition coefficient (Wildman–Crippen LogP) is 4.50. The molecule has 0 bridgehead atoms. The van der Waals surface area contributed by atoms with Crippen LogP contribution in [0.25, 0.3) is 10.9 Å². The topological polar surface area (TPSA) is 59.8 Å². The van der Waals surface area contributed by atoms with Gasteiger partial charge in [-0.05, 0) is 54.3 Å². The van der Waals surface area contributed by atoms with Crippen LogP contribution in [-0.2, 0) is 13.0 Å². The van der Waals surface area contributed by atoms with Crippen molar-refractivity contribution in [3.63, 3.8) is 0 Å². The Morgan fingerprint density at radius 3 is 2.52 bits per heavy atom. The average molecular weight is 405 g/mol. The number of nitrogens with one attached hydrogen (secondary N) is 1. The number of pyridine rings is 1. The van der Waals surface area contributed by atoms with Gasteiger partial charge in [0.15, 0.2) is 5.69 Å². The van der Waals surface area contributed by atoms with Gasteiger partial charge < -0.3 is 5.32 Å². The quantitative estimate of drug-likeness (QED) is 0.461. The highest BCUT2D eigenvalue weighted by Gasteiger charge is 2.16. The number of aromatic nitrogens is 3. The Bertz CT molecular complexity index is 1110. The van der Waals surface area contributed by atoms with E-state index in [1.54, 1.807) is 12.4 Å². The SMILES string of the molecule is O=C(NCCCc1ccncc1)c1nn(Cc2ccc(Cl)cc2)c2ccccc12. The van der Waals surface area contributed by atoms with Crippen LogP contribution in [0.2, 0.25) is 5.02 Å². The van der Waals surface area contributed by atoms with Gasteiger partial charge in [0.05, 0.1) is 12.1 Å². The minimum absolute atomic E-state index is 0.147. The third-order valence-electron chi connectivity index (χ3n) is 4.80. The van der Waals surface area contributed by atoms with Gasteiger partial charge in [-0.25, -0.2) is 0 Å². The number of benzene rings is 2. The van der Waals surface area contributed by atoms with Crippen molar-refractivity contribution in [2.45, 2.75) is 19.4 Å². The monoisotopic (exact) mass is 404 g/mol. The molecular formula is C23H21ClN4O. The Balaban J connectivity index is 1.46. The maximum Gasteiger partial charge on any atom is 0.272 e. The molecule has 29 heavy (non-hydrogen) atoms. The molecule has 0 spiro atoms. The molecule has 146 valence electrons. The fourth-order valence-electron chi connectivity index (χ4n) is 3.31. The molecule has 0 saturated carbocycles. The van der Waals surface area contributed by atoms with Crippen LogP contribution in [0.15, 0.2) is 73.1 Å². The second kappa shape index (κ2) is 8.88. The van der Waals surface area contributed by atoms with E-state index in [-0.39, 0.29) is 5.91 Å². The van der Waals surface area contributed by atoms with Crippen molar-refractivity contribution in [3.8, 4) is 0 Å². The van der Waals surface area contributed by atoms with Gasteiger partial charge in [-0.3, -0.25) is 14.5 Å². The molecule has 0 fully saturated rings. The van der Waals surface area contributed by atoms with Crippen molar-refractivity contribution in [1.82, 2.24) is 20.1 Å². The summed E-state index contributed by atoms with van der Waals surface area (Å²) in [5, 5.41) is 9.16. The number of amides is 1. The first-order chi connectivity index (χ1) is 14.2. The van der Waals surface area contributed by atoms with Gasteiger partial charge >= 0.3 is 0 Å². The number of hydrogen-bond acceptors (Lipinski definition) is 3. The van der Waals surface area contributed by atoms with Gasteiger partial charge in [-0.15, -0.1) is 0 Å². The smallest absolute Gasteiger partial charge is 0.272 e. The summed E-state index contributed by atoms with van der Waals surface area (Å²) in [5.74, 6) is -0.147. The van der Waals surface area contributed by atoms with Crippen molar-refractivity contribution in [2.75, 3.05) is 6.54 Å². The lowest BCUT2D eigenvalue weighted by atomic mass is 10.1. The molecule has 2 heterocycles. The van der Waals surface area contributed by atoms with Crippen LogP contribution in [0.1, 0.15) is 28.0 Å². The summed E-state index contributed by atoms with van der Waals surface area (Å²) in [6.07, 6.45) is 5.33. The third kappa shape index (κ3) is 4.63. The summed E-state index contributed by atoms with van der Waals surface area (Å²) in [7, 11) is 0. The van der Waals surface area contributed by atoms with Crippen molar-refractivity contribution >= 4 is 28.4 Å². The predicted molar refractivity (Wildman–Crippen MR) is 115 cm³/mol. The van der Waals surface area contributed by atoms with Crippen LogP contribution in [0, 0.1) is 0 Å². The van der Waals surface area contributed by atoms with Gasteiger partial charge in [-0.1, -0.05) is 41.9 Å². The van der Waals surface area contributed by atoms with Gasteiger partial charge in [0, 0.05) is 29.3 Å². The minimum atomic E-state index is -0.147. The second-order valence-electron chi connectivity index (χ2n) is 6.86. The highest BCUT2D eigenvalue weighted by Crippen LogP contribution is 2.20. The Labute approximate surface area is 174 Å². The number of nitrogens with zero attached hydrogens (tertiary/aromatic N) is 3. The molecule has 5 nitrogen and oxygen atoms in total. The molecule has 6 heteroatoms. The number of fused-ring (bicyclic) bond motifs is 1. The zero-order valence-electron chi connectivity index (χ0n) is 15.9. The fraction of sp³-hybridized carbons (Fsp3) is 0.174. The van der Waals surface area contributed by atoms with Crippen LogP contribution in [0.3, 0.4) is 0 Å². The molecule has 2 aromatic carbocycles. The molecule has 4 aromatic rings. The molecule has 0 unspecified atom stereocenters. The van der Waals surface area contributed by atoms with E-state index >= 15 is 0 Å². The number of aryl methyl sites for hydroxylation is 1. The molecule has 0 aliphatic rings. The average Bonchev–Trinajstić information content (AvgIpc) is 3.12. The van der Waals surface area contributed by atoms with E-state index in [1.165, 1.54) is 5.56 Å². The molecule has 0 aliphatic heterocycles. The van der Waals surface area contributed by atoms with Gasteiger partial charge in [0.25, 0.3) is 5.91 Å². The molecule has 0 aliphatic carbocycles. The molecule has 1 N–H and O–H groups in total. The van der Waals surface area contributed by atoms with E-state index in [0.717, 1.165) is 29.3 Å². The molecule has 0 radical (unpaired) electrons. The van der Waals surface area contributed by atoms with E-state index in [2.05, 4.69) is 15.4 Å². The number of hydrogen-bond donors (Lipinski definition) is 1. The number of para-hydroxylation sites is 1. The molecule has 4 rings (SSSR count). The molecular weight excluding hydrogens is 384 g/mol. The van der Waals surface area contributed by atoms with E-state index in [1.807, 2.05) is 65.3 Å². The number of rotatable bonds is 7. The normalized spacial score (nSPS) is 10.9. The second-order valence-corrected chi connectivity index (χ2v) is 7.30. The zero-order valence-corrected chi connectivity index (χ0v) is 16.6. The summed E-state index contributed by atoms with van der Waals surface area (Å²) < 4.78 is 1.87. The standard InChI is InChI=1S/C23H21ClN4O/c24-19-9-7-18(8-10-19)16-28-21-6-2-1-5-20(21)22(27-28)23(29)26-13-3-4-17-11-14-25-15-12-17/h1-2,5-12,14-15H,3-4,13,16H2,(H,26,29). The Kier molecular flexibility index (Phi) is 5.86. The number of carbonyl (C=O) groups excluding carboxylic acids is 1. The lowest BCUT2D eigenvalue weighted by Crippen LogP contribution is -2.25. The minimum Gasteiger partial charge on any atom is -0.351 e. The van der Waals surface area contributed by atoms with Crippen LogP contribution in [0.4, 0.5) is 0 Å². The summed E-state index contributed by atoms with van der Waals surface area (Å²) in [5.41, 5.74) is 3.68. The lowest BCUT2D eigenvalue weighted by molar-refractivity contribution is 0.0949. The first-order valence-corrected chi connectivity index (χ1v) is 9.95. The molecule has 0 atom stereocenters. The number of halogens is 1. The first kappa shape index (κ1) is 19.2. The highest BCUT2D eigenvalue weighted by atomic mass is 35.5. The third-order valence-corrected chi connectivity index (χ3v) is 5.05. The van der Waals surface area contributed by atoms with E-state index in [4.69, 9.17) is 11.6 Å². The lowest BCUT2D eigenvalue weighted by Gasteiger charge is -2.04. The van der Waals surface area contributed by atoms with E-state index in [9.17, 15) is 4.79 Å². The number of carbonyl (C=O) groups is 1. The van der Waals surface area contributed by atoms with E-state index < -0.39 is 0 Å². The van der Waals surface area contributed by atoms with Crippen molar-refractivity contribution < 1.29 is 4.79 Å². The maximum atomic E-state index is 12.8. The van der Waals surface area contributed by atoms with Gasteiger partial charge in [0.2, 0.25) is 0 Å². The Hall–Kier alpha value is -3.18. The van der Waals surface area contributed by atoms with Crippen LogP contribution < -0.4 is 5.32 Å². The van der Waals surface area contributed by atoms with Crippen LogP contribution in [0.5, 0.6) is 0 Å². The van der Waals surface area contributed by atoms with Crippen molar-refractivity contribution in [1.29, 1.82) is 0 Å². The summed E-state index contributed by atoms with van der Waals surface area (Å²) >= 11 is 5.98. The Morgan fingerprint density at radius 2 is 1.72 bits per heavy atom. The maximum absolute atomic E-state index is 12.8. The highest BCUT2D eigenvalue weighted by molar-refractivity contribution is 6.30. The van der Waals surface area contributed by atoms with Crippen molar-refractivity contribution in [2.24, 2.45) is 0 Å². The molecule has 2 aromatic heterocycles. The van der Waals surface area contributed by atoms with Gasteiger partial charge in [-0.2, -0.15) is 5.10 Å². The van der Waals surface area contributed by atoms with Gasteiger partial charge in [0.1, 0.15) is 0 Å². The summed E-state index contributed by atoms with van der Waals surface area (Å²) in [6.45, 7) is 1.17. The summed E-state index contributed by atoms with van der Waals surface area (Å²) in [6, 6.07) is 19.5. The largest absolute Gasteiger partial charge is 0.351 e. The van der Waals surface area contributed by atoms with Crippen molar-refractivity contribution in [3.05, 3.63) is 94.9 Å². The first-order valence-electron chi connectivity index (χ1n) is 9.58. The van der Waals surface area contributed by atoms with Crippen LogP contribution in [-0.4, -0.2) is 27.2 Å². The fourth-order valence-corrected chi connectivity index (χ4v) is 3.43. The zero-order chi connectivity index (χ0) is 20.1.